The molecule has 48 valence electrons. The monoisotopic (exact) mass is 204 g/mol. The third-order valence-electron chi connectivity index (χ3n) is 0. The fourth-order valence-electron chi connectivity index (χ4n) is 0. The van der Waals surface area contributed by atoms with Crippen LogP contribution in [0, 0.1) is 0 Å². The van der Waals surface area contributed by atoms with Gasteiger partial charge in [0, 0.05) is 0 Å². The van der Waals surface area contributed by atoms with Crippen molar-refractivity contribution in [3.05, 3.63) is 0 Å². The van der Waals surface area contributed by atoms with E-state index in [1.54, 1.807) is 0 Å². The maximum Gasteiger partial charge on any atom is 1.00 e. The Morgan fingerprint density at radius 2 is 1.00 bits per heavy atom. The van der Waals surface area contributed by atoms with Crippen LogP contribution in [0.1, 0.15) is 0 Å². The van der Waals surface area contributed by atoms with Crippen LogP contribution in [-0.4, -0.2) is 10.9 Å². The molecule has 0 saturated carbocycles. The van der Waals surface area contributed by atoms with E-state index in [4.69, 9.17) is 19.8 Å². The van der Waals surface area contributed by atoms with E-state index in [0.717, 1.165) is 0 Å². The predicted molar refractivity (Wildman–Crippen MR) is 22.5 cm³/mol. The van der Waals surface area contributed by atoms with Gasteiger partial charge in [-0.25, -0.2) is 0 Å². The van der Waals surface area contributed by atoms with Crippen molar-refractivity contribution < 1.29 is 78.9 Å². The number of hydrogen-bond donors (Lipinski definition) is 0. The van der Waals surface area contributed by atoms with E-state index in [1.807, 2.05) is 0 Å². The minimum Gasteiger partial charge on any atom is -0.652 e. The van der Waals surface area contributed by atoms with E-state index in [1.165, 1.54) is 0 Å². The molecule has 0 rings (SSSR count). The molecule has 0 bridgehead atoms. The Kier molecular flexibility index (Phi) is 38.0. The summed E-state index contributed by atoms with van der Waals surface area (Å²) in [6, 6.07) is 0. The molecule has 0 aromatic rings. The zero-order chi connectivity index (χ0) is 7.15. The molecule has 0 aliphatic carbocycles. The van der Waals surface area contributed by atoms with E-state index < -0.39 is 10.9 Å². The van der Waals surface area contributed by atoms with Gasteiger partial charge in [0.05, 0.1) is 0 Å². The van der Waals surface area contributed by atoms with Crippen LogP contribution in [0.15, 0.2) is 0 Å². The Morgan fingerprint density at radius 1 is 1.00 bits per heavy atom. The minimum absolute atomic E-state index is 0. The van der Waals surface area contributed by atoms with Gasteiger partial charge in [-0.2, -0.15) is 0 Å². The Labute approximate surface area is 111 Å². The third kappa shape index (κ3) is 299. The average molecular weight is 205 g/mol. The van der Waals surface area contributed by atoms with Gasteiger partial charge in [-0.05, 0) is 29.4 Å². The van der Waals surface area contributed by atoms with E-state index in [2.05, 4.69) is 23.2 Å². The molecule has 0 aromatic carbocycles. The Morgan fingerprint density at radius 3 is 1.00 bits per heavy atom. The predicted octanol–water partition coefficient (Wildman–Crippen LogP) is -6.86. The van der Waals surface area contributed by atoms with Gasteiger partial charge in [-0.3, -0.25) is 4.79 Å². The molecule has 8 heteroatoms. The first-order valence-corrected chi connectivity index (χ1v) is 1.95. The summed E-state index contributed by atoms with van der Waals surface area (Å²) in [5.74, 6) is 0. The molecule has 0 amide bonds. The second-order valence-electron chi connectivity index (χ2n) is 0.476. The second-order valence-corrected chi connectivity index (χ2v) is 1.36. The van der Waals surface area contributed by atoms with Crippen LogP contribution in [0.25, 0.3) is 0 Å². The molecule has 0 radical (unpaired) electrons. The molecule has 0 fully saturated rings. The summed E-state index contributed by atoms with van der Waals surface area (Å²) in [4.78, 5) is 17.3. The van der Waals surface area contributed by atoms with Gasteiger partial charge in [-0.1, -0.05) is 0 Å². The summed E-state index contributed by atoms with van der Waals surface area (Å²) in [7, 11) is 0. The molecular weight excluding hydrogens is 205 g/mol. The fraction of sp³-hybridized carbons (Fsp3) is 0. The number of halogens is 2. The van der Waals surface area contributed by atoms with Crippen LogP contribution < -0.4 is 69.3 Å². The summed E-state index contributed by atoms with van der Waals surface area (Å²) >= 11 is 8.80. The van der Waals surface area contributed by atoms with Crippen LogP contribution in [0.5, 0.6) is 0 Å². The number of rotatable bonds is 0. The quantitative estimate of drug-likeness (QED) is 0.290. The van der Waals surface area contributed by atoms with Crippen molar-refractivity contribution in [3.8, 4) is 0 Å². The molecule has 4 nitrogen and oxygen atoms in total. The molecule has 0 aromatic heterocycles. The SMILES string of the molecule is O=C(Cl)Cl.O=C([O-])[O-].[Na+].[Na+]. The summed E-state index contributed by atoms with van der Waals surface area (Å²) in [5.41, 5.74) is 0. The van der Waals surface area contributed by atoms with Crippen LogP contribution in [0.2, 0.25) is 0 Å². The molecule has 0 N–H and O–H groups in total. The maximum atomic E-state index is 8.98. The average Bonchev–Trinajstić information content (AvgIpc) is 1.25. The zero-order valence-corrected chi connectivity index (χ0v) is 10.9. The Bertz CT molecular complexity index is 77.3. The number of carbonyl (C=O) groups excluding carboxylic acids is 2. The smallest absolute Gasteiger partial charge is 0.652 e. The fourth-order valence-corrected chi connectivity index (χ4v) is 0. The van der Waals surface area contributed by atoms with Crippen LogP contribution in [0.4, 0.5) is 9.59 Å². The standard InChI is InChI=1S/CCl2O.CH2O3.2Na/c2*2-1(3)4;;/h;(H2,2,3,4);;/q;;2*+1/p-2. The van der Waals surface area contributed by atoms with Gasteiger partial charge < -0.3 is 15.0 Å². The summed E-state index contributed by atoms with van der Waals surface area (Å²) in [5, 5.41) is 16.7. The zero-order valence-electron chi connectivity index (χ0n) is 5.39. The van der Waals surface area contributed by atoms with Crippen molar-refractivity contribution >= 4 is 34.1 Å². The van der Waals surface area contributed by atoms with Crippen LogP contribution in [-0.2, 0) is 0 Å². The Balaban J connectivity index is -0.0000000300. The second kappa shape index (κ2) is 16.9. The first-order chi connectivity index (χ1) is 3.46. The molecule has 0 aliphatic heterocycles. The van der Waals surface area contributed by atoms with Crippen LogP contribution in [0.3, 0.4) is 0 Å². The first-order valence-electron chi connectivity index (χ1n) is 1.19. The number of carboxylic acid groups (broad SMARTS) is 2. The number of carbonyl (C=O) groups is 2. The molecule has 0 atom stereocenters. The largest absolute Gasteiger partial charge is 1.00 e. The van der Waals surface area contributed by atoms with Gasteiger partial charge in [0.25, 0.3) is 0 Å². The van der Waals surface area contributed by atoms with E-state index in [9.17, 15) is 0 Å². The molecule has 0 saturated heterocycles. The maximum absolute atomic E-state index is 8.98. The van der Waals surface area contributed by atoms with Crippen molar-refractivity contribution in [1.29, 1.82) is 0 Å². The number of hydrogen-bond acceptors (Lipinski definition) is 4. The van der Waals surface area contributed by atoms with Crippen molar-refractivity contribution in [2.45, 2.75) is 0 Å². The van der Waals surface area contributed by atoms with E-state index in [0.29, 0.717) is 0 Å². The molecule has 0 aliphatic rings. The molecule has 0 unspecified atom stereocenters. The molecule has 10 heavy (non-hydrogen) atoms. The van der Waals surface area contributed by atoms with Gasteiger partial charge in [0.1, 0.15) is 0 Å². The molecule has 0 heterocycles. The third-order valence-corrected chi connectivity index (χ3v) is 0. The van der Waals surface area contributed by atoms with E-state index >= 15 is 0 Å². The normalized spacial score (nSPS) is 5.00. The first kappa shape index (κ1) is 22.5. The van der Waals surface area contributed by atoms with E-state index in [-0.39, 0.29) is 59.1 Å². The van der Waals surface area contributed by atoms with Crippen molar-refractivity contribution in [2.75, 3.05) is 0 Å². The minimum atomic E-state index is -2.33. The van der Waals surface area contributed by atoms with Gasteiger partial charge in [0.15, 0.2) is 0 Å². The summed E-state index contributed by atoms with van der Waals surface area (Å²) in [6.07, 6.45) is -2.33. The van der Waals surface area contributed by atoms with Gasteiger partial charge >= 0.3 is 63.8 Å². The van der Waals surface area contributed by atoms with Gasteiger partial charge in [0.2, 0.25) is 0 Å². The summed E-state index contributed by atoms with van der Waals surface area (Å²) in [6.45, 7) is 0. The molecule has 0 spiro atoms. The van der Waals surface area contributed by atoms with Crippen LogP contribution >= 0.6 is 23.2 Å². The topological polar surface area (TPSA) is 80.3 Å². The molecular formula is C2Cl2Na2O4. The van der Waals surface area contributed by atoms with Crippen molar-refractivity contribution in [2.24, 2.45) is 0 Å². The summed E-state index contributed by atoms with van der Waals surface area (Å²) < 4.78 is -0.889. The van der Waals surface area contributed by atoms with Crippen molar-refractivity contribution in [1.82, 2.24) is 0 Å². The Hall–Kier alpha value is 1.52. The van der Waals surface area contributed by atoms with Crippen molar-refractivity contribution in [3.63, 3.8) is 0 Å². The van der Waals surface area contributed by atoms with Gasteiger partial charge in [-0.15, -0.1) is 0 Å².